The zero-order valence-electron chi connectivity index (χ0n) is 7.46. The highest BCUT2D eigenvalue weighted by molar-refractivity contribution is 5.98. The second-order valence-corrected chi connectivity index (χ2v) is 2.82. The fraction of sp³-hybridized carbons (Fsp3) is 0.625. The maximum absolute atomic E-state index is 11.2. The molecule has 0 aromatic heterocycles. The molecule has 0 fully saturated rings. The van der Waals surface area contributed by atoms with Crippen molar-refractivity contribution in [2.75, 3.05) is 14.1 Å². The average Bonchev–Trinajstić information content (AvgIpc) is 2.00. The second kappa shape index (κ2) is 4.13. The van der Waals surface area contributed by atoms with E-state index in [1.54, 1.807) is 18.7 Å². The summed E-state index contributed by atoms with van der Waals surface area (Å²) in [6.07, 6.45) is 0.850. The van der Waals surface area contributed by atoms with Gasteiger partial charge in [-0.2, -0.15) is 0 Å². The number of likely N-dealkylation sites (N-methyl/N-ethyl adjacent to an activating group) is 1. The van der Waals surface area contributed by atoms with Gasteiger partial charge in [0.2, 0.25) is 0 Å². The van der Waals surface area contributed by atoms with Crippen molar-refractivity contribution >= 4 is 5.78 Å². The Morgan fingerprint density at radius 3 is 2.27 bits per heavy atom. The molecule has 1 atom stereocenters. The predicted octanol–water partition coefficient (Wildman–Crippen LogP) is 0.967. The number of ketones is 1. The Morgan fingerprint density at radius 1 is 1.55 bits per heavy atom. The highest BCUT2D eigenvalue weighted by Gasteiger charge is 2.15. The van der Waals surface area contributed by atoms with E-state index in [-0.39, 0.29) is 11.8 Å². The molecule has 0 aliphatic carbocycles. The number of hydrogen-bond acceptors (Lipinski definition) is 3. The third-order valence-electron chi connectivity index (χ3n) is 1.74. The standard InChI is InChI=1S/C8H15NO2/c1-6(5-10)8(11)7(2)9(3)4/h5,7,10H,1-4H3/b6-5-. The van der Waals surface area contributed by atoms with Crippen molar-refractivity contribution in [2.24, 2.45) is 0 Å². The Labute approximate surface area is 67.3 Å². The van der Waals surface area contributed by atoms with Gasteiger partial charge in [0.05, 0.1) is 12.3 Å². The van der Waals surface area contributed by atoms with Crippen LogP contribution >= 0.6 is 0 Å². The zero-order valence-corrected chi connectivity index (χ0v) is 7.46. The molecular weight excluding hydrogens is 142 g/mol. The molecular formula is C8H15NO2. The molecule has 11 heavy (non-hydrogen) atoms. The lowest BCUT2D eigenvalue weighted by Crippen LogP contribution is -2.33. The average molecular weight is 157 g/mol. The first-order chi connectivity index (χ1) is 5.00. The Morgan fingerprint density at radius 2 is 2.00 bits per heavy atom. The van der Waals surface area contributed by atoms with Crippen LogP contribution in [0.4, 0.5) is 0 Å². The van der Waals surface area contributed by atoms with Crippen molar-refractivity contribution in [3.63, 3.8) is 0 Å². The van der Waals surface area contributed by atoms with Crippen LogP contribution in [0.2, 0.25) is 0 Å². The summed E-state index contributed by atoms with van der Waals surface area (Å²) in [5, 5.41) is 8.53. The lowest BCUT2D eigenvalue weighted by molar-refractivity contribution is -0.119. The molecule has 0 radical (unpaired) electrons. The van der Waals surface area contributed by atoms with E-state index in [0.29, 0.717) is 5.57 Å². The van der Waals surface area contributed by atoms with Crippen LogP contribution in [0, 0.1) is 0 Å². The Kier molecular flexibility index (Phi) is 3.82. The van der Waals surface area contributed by atoms with Gasteiger partial charge in [0.1, 0.15) is 0 Å². The number of carbonyl (C=O) groups excluding carboxylic acids is 1. The highest BCUT2D eigenvalue weighted by atomic mass is 16.2. The van der Waals surface area contributed by atoms with Crippen molar-refractivity contribution in [3.05, 3.63) is 11.8 Å². The fourth-order valence-electron chi connectivity index (χ4n) is 0.628. The number of aliphatic hydroxyl groups is 1. The second-order valence-electron chi connectivity index (χ2n) is 2.82. The van der Waals surface area contributed by atoms with Crippen LogP contribution in [-0.2, 0) is 4.79 Å². The van der Waals surface area contributed by atoms with Gasteiger partial charge < -0.3 is 5.11 Å². The van der Waals surface area contributed by atoms with Crippen LogP contribution in [0.15, 0.2) is 11.8 Å². The third-order valence-corrected chi connectivity index (χ3v) is 1.74. The van der Waals surface area contributed by atoms with Crippen LogP contribution in [0.1, 0.15) is 13.8 Å². The van der Waals surface area contributed by atoms with Gasteiger partial charge >= 0.3 is 0 Å². The van der Waals surface area contributed by atoms with E-state index in [4.69, 9.17) is 5.11 Å². The third kappa shape index (κ3) is 2.72. The van der Waals surface area contributed by atoms with Crippen molar-refractivity contribution in [1.82, 2.24) is 4.90 Å². The van der Waals surface area contributed by atoms with Gasteiger partial charge in [-0.3, -0.25) is 9.69 Å². The first-order valence-electron chi connectivity index (χ1n) is 3.52. The van der Waals surface area contributed by atoms with Gasteiger partial charge in [-0.15, -0.1) is 0 Å². The number of aliphatic hydroxyl groups excluding tert-OH is 1. The van der Waals surface area contributed by atoms with Crippen LogP contribution in [0.5, 0.6) is 0 Å². The molecule has 0 saturated heterocycles. The number of Topliss-reactive ketones (excluding diaryl/α,β-unsaturated/α-hetero) is 1. The van der Waals surface area contributed by atoms with E-state index in [1.165, 1.54) is 0 Å². The van der Waals surface area contributed by atoms with E-state index >= 15 is 0 Å². The molecule has 0 aromatic carbocycles. The van der Waals surface area contributed by atoms with Crippen LogP contribution < -0.4 is 0 Å². The van der Waals surface area contributed by atoms with Gasteiger partial charge in [0.15, 0.2) is 5.78 Å². The van der Waals surface area contributed by atoms with Crippen LogP contribution in [-0.4, -0.2) is 35.9 Å². The zero-order chi connectivity index (χ0) is 9.02. The number of hydrogen-bond donors (Lipinski definition) is 1. The predicted molar refractivity (Wildman–Crippen MR) is 44.5 cm³/mol. The molecule has 0 heterocycles. The summed E-state index contributed by atoms with van der Waals surface area (Å²) in [6.45, 7) is 3.40. The first-order valence-corrected chi connectivity index (χ1v) is 3.52. The fourth-order valence-corrected chi connectivity index (χ4v) is 0.628. The van der Waals surface area contributed by atoms with Gasteiger partial charge in [-0.25, -0.2) is 0 Å². The largest absolute Gasteiger partial charge is 0.515 e. The van der Waals surface area contributed by atoms with Gasteiger partial charge in [-0.1, -0.05) is 0 Å². The molecule has 0 saturated carbocycles. The molecule has 64 valence electrons. The van der Waals surface area contributed by atoms with Crippen LogP contribution in [0.25, 0.3) is 0 Å². The molecule has 1 unspecified atom stereocenters. The smallest absolute Gasteiger partial charge is 0.178 e. The first kappa shape index (κ1) is 10.2. The van der Waals surface area contributed by atoms with E-state index in [9.17, 15) is 4.79 Å². The Balaban J connectivity index is 4.26. The van der Waals surface area contributed by atoms with Gasteiger partial charge in [-0.05, 0) is 27.9 Å². The Hall–Kier alpha value is -0.830. The summed E-state index contributed by atoms with van der Waals surface area (Å²) in [5.41, 5.74) is 0.395. The minimum absolute atomic E-state index is 0.0440. The summed E-state index contributed by atoms with van der Waals surface area (Å²) in [6, 6.07) is -0.168. The Bertz CT molecular complexity index is 173. The summed E-state index contributed by atoms with van der Waals surface area (Å²) in [4.78, 5) is 13.0. The monoisotopic (exact) mass is 157 g/mol. The number of nitrogens with zero attached hydrogens (tertiary/aromatic N) is 1. The molecule has 0 spiro atoms. The SMILES string of the molecule is C/C(=C/O)C(=O)C(C)N(C)C. The molecule has 3 nitrogen and oxygen atoms in total. The minimum atomic E-state index is -0.168. The van der Waals surface area contributed by atoms with E-state index in [2.05, 4.69) is 0 Å². The van der Waals surface area contributed by atoms with E-state index in [0.717, 1.165) is 6.26 Å². The molecule has 0 bridgehead atoms. The van der Waals surface area contributed by atoms with Gasteiger partial charge in [0.25, 0.3) is 0 Å². The number of carbonyl (C=O) groups is 1. The van der Waals surface area contributed by atoms with Crippen molar-refractivity contribution in [3.8, 4) is 0 Å². The molecule has 0 amide bonds. The van der Waals surface area contributed by atoms with Crippen molar-refractivity contribution in [1.29, 1.82) is 0 Å². The molecule has 0 aliphatic rings. The highest BCUT2D eigenvalue weighted by Crippen LogP contribution is 2.02. The molecule has 0 aliphatic heterocycles. The number of rotatable bonds is 3. The van der Waals surface area contributed by atoms with E-state index in [1.807, 2.05) is 14.1 Å². The molecule has 1 N–H and O–H groups in total. The van der Waals surface area contributed by atoms with Crippen molar-refractivity contribution in [2.45, 2.75) is 19.9 Å². The normalized spacial score (nSPS) is 15.2. The summed E-state index contributed by atoms with van der Waals surface area (Å²) in [7, 11) is 3.65. The van der Waals surface area contributed by atoms with Crippen molar-refractivity contribution < 1.29 is 9.90 Å². The lowest BCUT2D eigenvalue weighted by Gasteiger charge is -2.17. The lowest BCUT2D eigenvalue weighted by atomic mass is 10.1. The molecule has 0 rings (SSSR count). The van der Waals surface area contributed by atoms with E-state index < -0.39 is 0 Å². The quantitative estimate of drug-likeness (QED) is 0.490. The maximum atomic E-state index is 11.2. The summed E-state index contributed by atoms with van der Waals surface area (Å²) in [5.74, 6) is -0.0440. The minimum Gasteiger partial charge on any atom is -0.515 e. The topological polar surface area (TPSA) is 40.5 Å². The summed E-state index contributed by atoms with van der Waals surface area (Å²) >= 11 is 0. The molecule has 3 heteroatoms. The maximum Gasteiger partial charge on any atom is 0.178 e. The van der Waals surface area contributed by atoms with Gasteiger partial charge in [0, 0.05) is 5.57 Å². The summed E-state index contributed by atoms with van der Waals surface area (Å²) < 4.78 is 0. The molecule has 0 aromatic rings. The van der Waals surface area contributed by atoms with Crippen LogP contribution in [0.3, 0.4) is 0 Å².